The SMILES string of the molecule is CCNC(=NCC1CCN(S(C)(=O)=O)CC1)N1CCC(CN2CCOCC2)C1.I. The zero-order valence-electron chi connectivity index (χ0n) is 17.9. The molecule has 170 valence electrons. The van der Waals surface area contributed by atoms with Crippen molar-refractivity contribution < 1.29 is 13.2 Å². The van der Waals surface area contributed by atoms with Crippen molar-refractivity contribution in [3.05, 3.63) is 0 Å². The predicted octanol–water partition coefficient (Wildman–Crippen LogP) is 0.896. The molecule has 0 aromatic carbocycles. The fourth-order valence-corrected chi connectivity index (χ4v) is 5.26. The Morgan fingerprint density at radius 3 is 2.34 bits per heavy atom. The number of sulfonamides is 1. The molecule has 3 saturated heterocycles. The first-order valence-electron chi connectivity index (χ1n) is 10.7. The molecule has 0 radical (unpaired) electrons. The third kappa shape index (κ3) is 7.79. The van der Waals surface area contributed by atoms with Gasteiger partial charge in [-0.3, -0.25) is 9.89 Å². The van der Waals surface area contributed by atoms with E-state index in [4.69, 9.17) is 9.73 Å². The molecule has 0 amide bonds. The monoisotopic (exact) mass is 543 g/mol. The van der Waals surface area contributed by atoms with Crippen molar-refractivity contribution in [2.24, 2.45) is 16.8 Å². The second-order valence-corrected chi connectivity index (χ2v) is 10.3. The second kappa shape index (κ2) is 12.0. The number of morpholine rings is 1. The van der Waals surface area contributed by atoms with E-state index in [0.717, 1.165) is 77.8 Å². The summed E-state index contributed by atoms with van der Waals surface area (Å²) in [5.41, 5.74) is 0. The number of halogens is 1. The number of likely N-dealkylation sites (tertiary alicyclic amines) is 1. The lowest BCUT2D eigenvalue weighted by Crippen LogP contribution is -2.43. The summed E-state index contributed by atoms with van der Waals surface area (Å²) in [6.07, 6.45) is 4.31. The van der Waals surface area contributed by atoms with Gasteiger partial charge in [-0.1, -0.05) is 0 Å². The fourth-order valence-electron chi connectivity index (χ4n) is 4.39. The molecule has 3 rings (SSSR count). The minimum Gasteiger partial charge on any atom is -0.379 e. The van der Waals surface area contributed by atoms with Crippen molar-refractivity contribution in [3.63, 3.8) is 0 Å². The average Bonchev–Trinajstić information content (AvgIpc) is 3.14. The van der Waals surface area contributed by atoms with Crippen LogP contribution in [0, 0.1) is 11.8 Å². The summed E-state index contributed by atoms with van der Waals surface area (Å²) >= 11 is 0. The van der Waals surface area contributed by atoms with Crippen molar-refractivity contribution in [1.29, 1.82) is 0 Å². The summed E-state index contributed by atoms with van der Waals surface area (Å²) in [7, 11) is -3.06. The lowest BCUT2D eigenvalue weighted by atomic mass is 9.98. The first-order chi connectivity index (χ1) is 13.5. The van der Waals surface area contributed by atoms with Crippen LogP contribution >= 0.6 is 24.0 Å². The third-order valence-electron chi connectivity index (χ3n) is 6.08. The molecule has 1 N–H and O–H groups in total. The molecule has 0 bridgehead atoms. The van der Waals surface area contributed by atoms with Crippen LogP contribution in [0.4, 0.5) is 0 Å². The lowest BCUT2D eigenvalue weighted by Gasteiger charge is -2.30. The van der Waals surface area contributed by atoms with Gasteiger partial charge in [0.25, 0.3) is 0 Å². The Morgan fingerprint density at radius 1 is 1.07 bits per heavy atom. The summed E-state index contributed by atoms with van der Waals surface area (Å²) < 4.78 is 30.4. The largest absolute Gasteiger partial charge is 0.379 e. The van der Waals surface area contributed by atoms with Gasteiger partial charge < -0.3 is 15.0 Å². The Labute approximate surface area is 193 Å². The van der Waals surface area contributed by atoms with Crippen LogP contribution in [-0.4, -0.2) is 107 Å². The van der Waals surface area contributed by atoms with E-state index < -0.39 is 10.0 Å². The van der Waals surface area contributed by atoms with Gasteiger partial charge in [-0.15, -0.1) is 24.0 Å². The molecule has 0 aliphatic carbocycles. The van der Waals surface area contributed by atoms with Crippen LogP contribution in [0.25, 0.3) is 0 Å². The smallest absolute Gasteiger partial charge is 0.211 e. The van der Waals surface area contributed by atoms with Crippen LogP contribution < -0.4 is 5.32 Å². The third-order valence-corrected chi connectivity index (χ3v) is 7.39. The zero-order valence-corrected chi connectivity index (χ0v) is 21.0. The molecule has 29 heavy (non-hydrogen) atoms. The first-order valence-corrected chi connectivity index (χ1v) is 12.6. The number of aliphatic imine (C=N–C) groups is 1. The predicted molar refractivity (Wildman–Crippen MR) is 127 cm³/mol. The van der Waals surface area contributed by atoms with Crippen molar-refractivity contribution in [2.75, 3.05) is 78.4 Å². The van der Waals surface area contributed by atoms with Gasteiger partial charge in [0.2, 0.25) is 10.0 Å². The minimum atomic E-state index is -3.06. The highest BCUT2D eigenvalue weighted by molar-refractivity contribution is 14.0. The van der Waals surface area contributed by atoms with Crippen LogP contribution in [-0.2, 0) is 14.8 Å². The molecule has 0 aromatic rings. The molecule has 3 aliphatic heterocycles. The molecule has 10 heteroatoms. The summed E-state index contributed by atoms with van der Waals surface area (Å²) in [5.74, 6) is 2.19. The van der Waals surface area contributed by atoms with Gasteiger partial charge in [-0.2, -0.15) is 0 Å². The Bertz CT molecular complexity index is 619. The van der Waals surface area contributed by atoms with Crippen LogP contribution in [0.15, 0.2) is 4.99 Å². The summed E-state index contributed by atoms with van der Waals surface area (Å²) in [6.45, 7) is 12.1. The number of hydrogen-bond acceptors (Lipinski definition) is 5. The summed E-state index contributed by atoms with van der Waals surface area (Å²) in [5, 5.41) is 3.46. The maximum absolute atomic E-state index is 11.7. The number of guanidine groups is 1. The summed E-state index contributed by atoms with van der Waals surface area (Å²) in [6, 6.07) is 0. The molecule has 8 nitrogen and oxygen atoms in total. The van der Waals surface area contributed by atoms with E-state index in [1.807, 2.05) is 0 Å². The van der Waals surface area contributed by atoms with E-state index in [1.54, 1.807) is 4.31 Å². The first kappa shape index (κ1) is 25.1. The maximum Gasteiger partial charge on any atom is 0.211 e. The van der Waals surface area contributed by atoms with Crippen LogP contribution in [0.2, 0.25) is 0 Å². The molecule has 0 spiro atoms. The van der Waals surface area contributed by atoms with E-state index in [0.29, 0.717) is 24.9 Å². The van der Waals surface area contributed by atoms with Gasteiger partial charge in [0.05, 0.1) is 19.5 Å². The summed E-state index contributed by atoms with van der Waals surface area (Å²) in [4.78, 5) is 9.85. The van der Waals surface area contributed by atoms with Crippen LogP contribution in [0.3, 0.4) is 0 Å². The molecular weight excluding hydrogens is 505 g/mol. The molecule has 3 fully saturated rings. The molecule has 3 aliphatic rings. The quantitative estimate of drug-likeness (QED) is 0.305. The zero-order chi connectivity index (χ0) is 20.0. The van der Waals surface area contributed by atoms with Gasteiger partial charge in [0.15, 0.2) is 5.96 Å². The van der Waals surface area contributed by atoms with Crippen LogP contribution in [0.1, 0.15) is 26.2 Å². The van der Waals surface area contributed by atoms with Gasteiger partial charge in [-0.05, 0) is 38.0 Å². The number of ether oxygens (including phenoxy) is 1. The number of hydrogen-bond donors (Lipinski definition) is 1. The van der Waals surface area contributed by atoms with Crippen molar-refractivity contribution >= 4 is 40.0 Å². The highest BCUT2D eigenvalue weighted by Crippen LogP contribution is 2.21. The fraction of sp³-hybridized carbons (Fsp3) is 0.947. The Hall–Kier alpha value is -0.170. The van der Waals surface area contributed by atoms with Gasteiger partial charge in [0, 0.05) is 58.9 Å². The average molecular weight is 544 g/mol. The number of piperidine rings is 1. The van der Waals surface area contributed by atoms with Gasteiger partial charge in [-0.25, -0.2) is 12.7 Å². The standard InChI is InChI=1S/C19H37N5O3S.HI/c1-3-20-19(21-14-17-5-8-24(9-6-17)28(2,25)26)23-7-4-18(16-23)15-22-10-12-27-13-11-22;/h17-18H,3-16H2,1-2H3,(H,20,21);1H. The van der Waals surface area contributed by atoms with Crippen LogP contribution in [0.5, 0.6) is 0 Å². The highest BCUT2D eigenvalue weighted by Gasteiger charge is 2.28. The van der Waals surface area contributed by atoms with E-state index in [9.17, 15) is 8.42 Å². The Morgan fingerprint density at radius 2 is 1.72 bits per heavy atom. The minimum absolute atomic E-state index is 0. The normalized spacial score (nSPS) is 25.8. The van der Waals surface area contributed by atoms with Crippen molar-refractivity contribution in [2.45, 2.75) is 26.2 Å². The van der Waals surface area contributed by atoms with E-state index in [-0.39, 0.29) is 24.0 Å². The Kier molecular flexibility index (Phi) is 10.4. The molecular formula is C19H38IN5O3S. The molecule has 0 saturated carbocycles. The van der Waals surface area contributed by atoms with Gasteiger partial charge >= 0.3 is 0 Å². The second-order valence-electron chi connectivity index (χ2n) is 8.31. The maximum atomic E-state index is 11.7. The topological polar surface area (TPSA) is 77.5 Å². The van der Waals surface area contributed by atoms with Gasteiger partial charge in [0.1, 0.15) is 0 Å². The van der Waals surface area contributed by atoms with Crippen molar-refractivity contribution in [1.82, 2.24) is 19.4 Å². The van der Waals surface area contributed by atoms with E-state index in [1.165, 1.54) is 12.7 Å². The lowest BCUT2D eigenvalue weighted by molar-refractivity contribution is 0.0315. The number of rotatable bonds is 6. The molecule has 1 atom stereocenters. The number of nitrogens with one attached hydrogen (secondary N) is 1. The van der Waals surface area contributed by atoms with Crippen molar-refractivity contribution in [3.8, 4) is 0 Å². The Balaban J connectivity index is 0.00000300. The number of nitrogens with zero attached hydrogens (tertiary/aromatic N) is 4. The molecule has 0 aromatic heterocycles. The molecule has 3 heterocycles. The molecule has 1 unspecified atom stereocenters. The van der Waals surface area contributed by atoms with E-state index in [2.05, 4.69) is 22.0 Å². The highest BCUT2D eigenvalue weighted by atomic mass is 127. The van der Waals surface area contributed by atoms with E-state index >= 15 is 0 Å².